The summed E-state index contributed by atoms with van der Waals surface area (Å²) in [7, 11) is 0. The first-order chi connectivity index (χ1) is 11.2. The Balaban J connectivity index is 2.32. The molecule has 2 aromatic carbocycles. The van der Waals surface area contributed by atoms with Crippen LogP contribution in [0.25, 0.3) is 5.57 Å². The van der Waals surface area contributed by atoms with E-state index in [0.29, 0.717) is 11.3 Å². The minimum absolute atomic E-state index is 0.0472. The zero-order chi connectivity index (χ0) is 16.4. The molecule has 23 heavy (non-hydrogen) atoms. The Bertz CT molecular complexity index is 915. The van der Waals surface area contributed by atoms with Crippen molar-refractivity contribution >= 4 is 23.1 Å². The molecule has 0 saturated heterocycles. The molecule has 5 nitrogen and oxygen atoms in total. The summed E-state index contributed by atoms with van der Waals surface area (Å²) >= 11 is 0. The van der Waals surface area contributed by atoms with Gasteiger partial charge in [0.2, 0.25) is 0 Å². The highest BCUT2D eigenvalue weighted by Crippen LogP contribution is 2.33. The van der Waals surface area contributed by atoms with Crippen LogP contribution in [-0.2, 0) is 4.79 Å². The summed E-state index contributed by atoms with van der Waals surface area (Å²) in [5.41, 5.74) is 0.636. The smallest absolute Gasteiger partial charge is 0.268 e. The molecule has 2 aromatic rings. The van der Waals surface area contributed by atoms with E-state index >= 15 is 0 Å². The summed E-state index contributed by atoms with van der Waals surface area (Å²) in [5, 5.41) is 18.3. The maximum Gasteiger partial charge on any atom is 0.268 e. The fourth-order valence-corrected chi connectivity index (χ4v) is 2.52. The van der Waals surface area contributed by atoms with Crippen molar-refractivity contribution in [3.8, 4) is 12.1 Å². The van der Waals surface area contributed by atoms with Crippen LogP contribution < -0.4 is 4.90 Å². The molecule has 1 heterocycles. The molecule has 0 unspecified atom stereocenters. The van der Waals surface area contributed by atoms with Crippen molar-refractivity contribution in [3.05, 3.63) is 71.3 Å². The van der Waals surface area contributed by atoms with Crippen molar-refractivity contribution in [2.24, 2.45) is 0 Å². The lowest BCUT2D eigenvalue weighted by Gasteiger charge is -2.28. The lowest BCUT2D eigenvalue weighted by Crippen LogP contribution is -2.42. The van der Waals surface area contributed by atoms with E-state index in [2.05, 4.69) is 0 Å². The molecule has 5 heteroatoms. The third-order valence-electron chi connectivity index (χ3n) is 3.53. The molecule has 0 N–H and O–H groups in total. The van der Waals surface area contributed by atoms with Gasteiger partial charge in [-0.1, -0.05) is 36.4 Å². The number of imide groups is 1. The maximum atomic E-state index is 12.8. The maximum absolute atomic E-state index is 12.8. The molecular weight excluding hydrogens is 290 g/mol. The lowest BCUT2D eigenvalue weighted by atomic mass is 9.90. The van der Waals surface area contributed by atoms with Gasteiger partial charge in [0.05, 0.1) is 11.3 Å². The van der Waals surface area contributed by atoms with Gasteiger partial charge in [-0.2, -0.15) is 10.5 Å². The van der Waals surface area contributed by atoms with Gasteiger partial charge in [-0.05, 0) is 18.2 Å². The van der Waals surface area contributed by atoms with Gasteiger partial charge in [0.1, 0.15) is 17.7 Å². The molecule has 2 amide bonds. The van der Waals surface area contributed by atoms with Crippen molar-refractivity contribution in [2.45, 2.75) is 0 Å². The van der Waals surface area contributed by atoms with Gasteiger partial charge in [0.25, 0.3) is 11.8 Å². The normalized spacial score (nSPS) is 13.1. The molecule has 108 valence electrons. The number of anilines is 1. The molecule has 0 atom stereocenters. The number of nitrogens with zero attached hydrogens (tertiary/aromatic N) is 3. The average Bonchev–Trinajstić information content (AvgIpc) is 2.59. The summed E-state index contributed by atoms with van der Waals surface area (Å²) in [6, 6.07) is 18.4. The lowest BCUT2D eigenvalue weighted by molar-refractivity contribution is -0.112. The number of carbonyl (C=O) groups excluding carboxylic acids is 2. The third kappa shape index (κ3) is 2.17. The fourth-order valence-electron chi connectivity index (χ4n) is 2.52. The largest absolute Gasteiger partial charge is 0.268 e. The van der Waals surface area contributed by atoms with Gasteiger partial charge < -0.3 is 0 Å². The number of rotatable bonds is 1. The van der Waals surface area contributed by atoms with Gasteiger partial charge in [0.15, 0.2) is 0 Å². The van der Waals surface area contributed by atoms with Crippen LogP contribution >= 0.6 is 0 Å². The first kappa shape index (κ1) is 14.2. The van der Waals surface area contributed by atoms with Gasteiger partial charge in [0, 0.05) is 11.1 Å². The standard InChI is InChI=1S/C18H9N3O2/c19-10-12(11-20)16-14-8-4-5-9-15(14)17(22)21(18(16)23)13-6-2-1-3-7-13/h1-9H. The van der Waals surface area contributed by atoms with Crippen LogP contribution in [0.1, 0.15) is 15.9 Å². The van der Waals surface area contributed by atoms with Crippen LogP contribution in [0.15, 0.2) is 60.2 Å². The second-order valence-electron chi connectivity index (χ2n) is 4.80. The Kier molecular flexibility index (Phi) is 3.46. The van der Waals surface area contributed by atoms with Crippen LogP contribution in [0.5, 0.6) is 0 Å². The van der Waals surface area contributed by atoms with E-state index in [4.69, 9.17) is 10.5 Å². The Hall–Kier alpha value is -3.70. The molecule has 0 aliphatic carbocycles. The predicted octanol–water partition coefficient (Wildman–Crippen LogP) is 2.67. The SMILES string of the molecule is N#CC(C#N)=C1C(=O)N(c2ccccc2)C(=O)c2ccccc21. The van der Waals surface area contributed by atoms with E-state index in [1.807, 2.05) is 0 Å². The van der Waals surface area contributed by atoms with E-state index < -0.39 is 11.8 Å². The molecule has 1 aliphatic rings. The minimum Gasteiger partial charge on any atom is -0.268 e. The molecule has 0 bridgehead atoms. The molecule has 0 fully saturated rings. The number of hydrogen-bond donors (Lipinski definition) is 0. The highest BCUT2D eigenvalue weighted by molar-refractivity contribution is 6.42. The summed E-state index contributed by atoms with van der Waals surface area (Å²) < 4.78 is 0. The summed E-state index contributed by atoms with van der Waals surface area (Å²) in [4.78, 5) is 26.5. The fraction of sp³-hybridized carbons (Fsp3) is 0. The van der Waals surface area contributed by atoms with E-state index in [9.17, 15) is 9.59 Å². The molecule has 1 aliphatic heterocycles. The van der Waals surface area contributed by atoms with Crippen molar-refractivity contribution < 1.29 is 9.59 Å². The Morgan fingerprint density at radius 2 is 1.35 bits per heavy atom. The zero-order valence-electron chi connectivity index (χ0n) is 11.9. The predicted molar refractivity (Wildman–Crippen MR) is 82.8 cm³/mol. The molecular formula is C18H9N3O2. The number of nitriles is 2. The van der Waals surface area contributed by atoms with Crippen LogP contribution in [0.3, 0.4) is 0 Å². The van der Waals surface area contributed by atoms with Crippen LogP contribution in [0.2, 0.25) is 0 Å². The first-order valence-electron chi connectivity index (χ1n) is 6.76. The summed E-state index contributed by atoms with van der Waals surface area (Å²) in [6.45, 7) is 0. The molecule has 3 rings (SSSR count). The third-order valence-corrected chi connectivity index (χ3v) is 3.53. The Morgan fingerprint density at radius 1 is 0.783 bits per heavy atom. The van der Waals surface area contributed by atoms with Crippen LogP contribution in [0.4, 0.5) is 5.69 Å². The highest BCUT2D eigenvalue weighted by Gasteiger charge is 2.37. The van der Waals surface area contributed by atoms with Crippen molar-refractivity contribution in [1.82, 2.24) is 0 Å². The number of allylic oxidation sites excluding steroid dienone is 1. The first-order valence-corrected chi connectivity index (χ1v) is 6.76. The highest BCUT2D eigenvalue weighted by atomic mass is 16.2. The average molecular weight is 299 g/mol. The van der Waals surface area contributed by atoms with E-state index in [1.54, 1.807) is 66.7 Å². The number of benzene rings is 2. The van der Waals surface area contributed by atoms with Gasteiger partial charge in [-0.15, -0.1) is 0 Å². The second kappa shape index (κ2) is 5.59. The molecule has 0 saturated carbocycles. The summed E-state index contributed by atoms with van der Waals surface area (Å²) in [6.07, 6.45) is 0. The monoisotopic (exact) mass is 299 g/mol. The van der Waals surface area contributed by atoms with E-state index in [-0.39, 0.29) is 16.7 Å². The second-order valence-corrected chi connectivity index (χ2v) is 4.80. The number of hydrogen-bond acceptors (Lipinski definition) is 4. The van der Waals surface area contributed by atoms with Crippen molar-refractivity contribution in [3.63, 3.8) is 0 Å². The van der Waals surface area contributed by atoms with Crippen LogP contribution in [0, 0.1) is 22.7 Å². The Labute approximate surface area is 132 Å². The number of amides is 2. The molecule has 0 radical (unpaired) electrons. The number of para-hydroxylation sites is 1. The van der Waals surface area contributed by atoms with Crippen molar-refractivity contribution in [2.75, 3.05) is 4.90 Å². The summed E-state index contributed by atoms with van der Waals surface area (Å²) in [5.74, 6) is -1.14. The van der Waals surface area contributed by atoms with Gasteiger partial charge >= 0.3 is 0 Å². The minimum atomic E-state index is -0.669. The number of fused-ring (bicyclic) bond motifs is 1. The van der Waals surface area contributed by atoms with E-state index in [1.165, 1.54) is 0 Å². The quantitative estimate of drug-likeness (QED) is 0.460. The molecule has 0 spiro atoms. The topological polar surface area (TPSA) is 85.0 Å². The van der Waals surface area contributed by atoms with Crippen LogP contribution in [-0.4, -0.2) is 11.8 Å². The molecule has 0 aromatic heterocycles. The number of carbonyl (C=O) groups is 2. The zero-order valence-corrected chi connectivity index (χ0v) is 11.9. The van der Waals surface area contributed by atoms with Crippen molar-refractivity contribution in [1.29, 1.82) is 10.5 Å². The van der Waals surface area contributed by atoms with E-state index in [0.717, 1.165) is 4.90 Å². The van der Waals surface area contributed by atoms with Gasteiger partial charge in [-0.3, -0.25) is 9.59 Å². The Morgan fingerprint density at radius 3 is 1.96 bits per heavy atom. The van der Waals surface area contributed by atoms with Gasteiger partial charge in [-0.25, -0.2) is 4.90 Å².